The lowest BCUT2D eigenvalue weighted by Gasteiger charge is -2.25. The van der Waals surface area contributed by atoms with Gasteiger partial charge in [0.05, 0.1) is 0 Å². The maximum atomic E-state index is 11.1. The van der Waals surface area contributed by atoms with Gasteiger partial charge in [-0.05, 0) is 43.4 Å². The monoisotopic (exact) mass is 251 g/mol. The zero-order valence-electron chi connectivity index (χ0n) is 10.2. The molecule has 3 heteroatoms. The van der Waals surface area contributed by atoms with Crippen molar-refractivity contribution in [2.45, 2.75) is 26.2 Å². The quantitative estimate of drug-likeness (QED) is 0.717. The van der Waals surface area contributed by atoms with Gasteiger partial charge in [-0.15, -0.1) is 0 Å². The fourth-order valence-electron chi connectivity index (χ4n) is 2.10. The summed E-state index contributed by atoms with van der Waals surface area (Å²) in [7, 11) is 0. The first-order chi connectivity index (χ1) is 8.24. The minimum Gasteiger partial charge on any atom is -0.371 e. The molecule has 0 unspecified atom stereocenters. The van der Waals surface area contributed by atoms with E-state index >= 15 is 0 Å². The number of hydrogen-bond acceptors (Lipinski definition) is 2. The van der Waals surface area contributed by atoms with Gasteiger partial charge in [-0.1, -0.05) is 18.5 Å². The predicted molar refractivity (Wildman–Crippen MR) is 72.1 cm³/mol. The molecular weight excluding hydrogens is 234 g/mol. The molecule has 0 heterocycles. The van der Waals surface area contributed by atoms with Gasteiger partial charge in [-0.3, -0.25) is 4.79 Å². The van der Waals surface area contributed by atoms with Crippen molar-refractivity contribution in [1.82, 2.24) is 0 Å². The second-order valence-corrected chi connectivity index (χ2v) is 5.15. The number of nitrogens with zero attached hydrogens (tertiary/aromatic N) is 1. The highest BCUT2D eigenvalue weighted by Crippen LogP contribution is 2.32. The largest absolute Gasteiger partial charge is 0.371 e. The summed E-state index contributed by atoms with van der Waals surface area (Å²) in [6.07, 6.45) is 4.64. The second kappa shape index (κ2) is 5.54. The SMILES string of the molecule is CCCN(CC1CC1)c1ccc(Cl)cc1C=O. The molecule has 0 spiro atoms. The first-order valence-electron chi connectivity index (χ1n) is 6.24. The molecule has 0 saturated heterocycles. The van der Waals surface area contributed by atoms with Crippen molar-refractivity contribution in [3.05, 3.63) is 28.8 Å². The Morgan fingerprint density at radius 3 is 2.82 bits per heavy atom. The van der Waals surface area contributed by atoms with Crippen LogP contribution in [0.25, 0.3) is 0 Å². The topological polar surface area (TPSA) is 20.3 Å². The van der Waals surface area contributed by atoms with E-state index in [4.69, 9.17) is 11.6 Å². The average Bonchev–Trinajstić information content (AvgIpc) is 3.12. The third kappa shape index (κ3) is 3.22. The Bertz CT molecular complexity index is 401. The lowest BCUT2D eigenvalue weighted by molar-refractivity contribution is 0.112. The smallest absolute Gasteiger partial charge is 0.152 e. The zero-order valence-corrected chi connectivity index (χ0v) is 10.9. The summed E-state index contributed by atoms with van der Waals surface area (Å²) in [4.78, 5) is 13.4. The van der Waals surface area contributed by atoms with Gasteiger partial charge < -0.3 is 4.90 Å². The molecule has 0 N–H and O–H groups in total. The van der Waals surface area contributed by atoms with E-state index in [0.29, 0.717) is 10.6 Å². The molecule has 2 rings (SSSR count). The van der Waals surface area contributed by atoms with Crippen LogP contribution >= 0.6 is 11.6 Å². The van der Waals surface area contributed by atoms with E-state index in [0.717, 1.165) is 37.4 Å². The fraction of sp³-hybridized carbons (Fsp3) is 0.500. The summed E-state index contributed by atoms with van der Waals surface area (Å²) in [5.74, 6) is 0.816. The molecule has 1 aliphatic carbocycles. The number of halogens is 1. The Morgan fingerprint density at radius 2 is 2.24 bits per heavy atom. The average molecular weight is 252 g/mol. The van der Waals surface area contributed by atoms with E-state index in [1.165, 1.54) is 12.8 Å². The van der Waals surface area contributed by atoms with E-state index in [1.807, 2.05) is 12.1 Å². The van der Waals surface area contributed by atoms with Crippen molar-refractivity contribution in [1.29, 1.82) is 0 Å². The number of benzene rings is 1. The van der Waals surface area contributed by atoms with Crippen molar-refractivity contribution in [2.75, 3.05) is 18.0 Å². The molecular formula is C14H18ClNO. The number of carbonyl (C=O) groups is 1. The van der Waals surface area contributed by atoms with E-state index in [1.54, 1.807) is 6.07 Å². The Balaban J connectivity index is 2.23. The zero-order chi connectivity index (χ0) is 12.3. The summed E-state index contributed by atoms with van der Waals surface area (Å²) in [6.45, 7) is 4.23. The number of carbonyl (C=O) groups excluding carboxylic acids is 1. The molecule has 17 heavy (non-hydrogen) atoms. The molecule has 0 bridgehead atoms. The van der Waals surface area contributed by atoms with Gasteiger partial charge in [0.25, 0.3) is 0 Å². The Labute approximate surface area is 108 Å². The van der Waals surface area contributed by atoms with Crippen molar-refractivity contribution >= 4 is 23.6 Å². The summed E-state index contributed by atoms with van der Waals surface area (Å²) in [5.41, 5.74) is 1.73. The fourth-order valence-corrected chi connectivity index (χ4v) is 2.28. The van der Waals surface area contributed by atoms with Crippen LogP contribution in [0.1, 0.15) is 36.5 Å². The highest BCUT2D eigenvalue weighted by Gasteiger charge is 2.25. The molecule has 1 aliphatic rings. The van der Waals surface area contributed by atoms with Gasteiger partial charge in [0.15, 0.2) is 6.29 Å². The number of aldehydes is 1. The van der Waals surface area contributed by atoms with Crippen molar-refractivity contribution < 1.29 is 4.79 Å². The minimum absolute atomic E-state index is 0.624. The van der Waals surface area contributed by atoms with Gasteiger partial charge in [-0.2, -0.15) is 0 Å². The number of rotatable bonds is 6. The number of anilines is 1. The van der Waals surface area contributed by atoms with Crippen molar-refractivity contribution in [3.63, 3.8) is 0 Å². The van der Waals surface area contributed by atoms with E-state index in [2.05, 4.69) is 11.8 Å². The second-order valence-electron chi connectivity index (χ2n) is 4.71. The normalized spacial score (nSPS) is 14.7. The molecule has 1 fully saturated rings. The molecule has 1 aromatic rings. The molecule has 0 aliphatic heterocycles. The van der Waals surface area contributed by atoms with Crippen LogP contribution in [0, 0.1) is 5.92 Å². The van der Waals surface area contributed by atoms with Crippen LogP contribution < -0.4 is 4.90 Å². The molecule has 2 nitrogen and oxygen atoms in total. The van der Waals surface area contributed by atoms with Crippen LogP contribution in [-0.4, -0.2) is 19.4 Å². The Hall–Kier alpha value is -1.02. The summed E-state index contributed by atoms with van der Waals surface area (Å²) in [6, 6.07) is 5.57. The van der Waals surface area contributed by atoms with Gasteiger partial charge >= 0.3 is 0 Å². The lowest BCUT2D eigenvalue weighted by Crippen LogP contribution is -2.27. The third-order valence-electron chi connectivity index (χ3n) is 3.13. The van der Waals surface area contributed by atoms with Crippen LogP contribution in [0.4, 0.5) is 5.69 Å². The summed E-state index contributed by atoms with van der Waals surface area (Å²) >= 11 is 5.92. The van der Waals surface area contributed by atoms with Crippen LogP contribution in [0.5, 0.6) is 0 Å². The van der Waals surface area contributed by atoms with Crippen molar-refractivity contribution in [3.8, 4) is 0 Å². The van der Waals surface area contributed by atoms with E-state index in [9.17, 15) is 4.79 Å². The minimum atomic E-state index is 0.624. The van der Waals surface area contributed by atoms with Gasteiger partial charge in [0, 0.05) is 29.4 Å². The van der Waals surface area contributed by atoms with E-state index in [-0.39, 0.29) is 0 Å². The lowest BCUT2D eigenvalue weighted by atomic mass is 10.1. The maximum absolute atomic E-state index is 11.1. The first-order valence-corrected chi connectivity index (χ1v) is 6.62. The predicted octanol–water partition coefficient (Wildman–Crippen LogP) is 3.78. The molecule has 1 aromatic carbocycles. The van der Waals surface area contributed by atoms with Gasteiger partial charge in [-0.25, -0.2) is 0 Å². The Morgan fingerprint density at radius 1 is 1.47 bits per heavy atom. The molecule has 1 saturated carbocycles. The molecule has 0 radical (unpaired) electrons. The highest BCUT2D eigenvalue weighted by molar-refractivity contribution is 6.31. The summed E-state index contributed by atoms with van der Waals surface area (Å²) in [5, 5.41) is 0.624. The standard InChI is InChI=1S/C14H18ClNO/c1-2-7-16(9-11-3-4-11)14-6-5-13(15)8-12(14)10-17/h5-6,8,10-11H,2-4,7,9H2,1H3. The molecule has 0 amide bonds. The van der Waals surface area contributed by atoms with Crippen LogP contribution in [0.3, 0.4) is 0 Å². The van der Waals surface area contributed by atoms with Crippen LogP contribution in [0.2, 0.25) is 5.02 Å². The van der Waals surface area contributed by atoms with Gasteiger partial charge in [0.1, 0.15) is 0 Å². The molecule has 0 atom stereocenters. The van der Waals surface area contributed by atoms with Crippen molar-refractivity contribution in [2.24, 2.45) is 5.92 Å². The highest BCUT2D eigenvalue weighted by atomic mass is 35.5. The molecule has 92 valence electrons. The summed E-state index contributed by atoms with van der Waals surface area (Å²) < 4.78 is 0. The number of hydrogen-bond donors (Lipinski definition) is 0. The van der Waals surface area contributed by atoms with Crippen LogP contribution in [-0.2, 0) is 0 Å². The van der Waals surface area contributed by atoms with Crippen LogP contribution in [0.15, 0.2) is 18.2 Å². The molecule has 0 aromatic heterocycles. The van der Waals surface area contributed by atoms with Gasteiger partial charge in [0.2, 0.25) is 0 Å². The maximum Gasteiger partial charge on any atom is 0.152 e. The first kappa shape index (κ1) is 12.4. The van der Waals surface area contributed by atoms with E-state index < -0.39 is 0 Å². The Kier molecular flexibility index (Phi) is 4.06. The third-order valence-corrected chi connectivity index (χ3v) is 3.36.